The number of carboxylic acid groups (broad SMARTS) is 1. The van der Waals surface area contributed by atoms with Crippen LogP contribution in [-0.4, -0.2) is 63.2 Å². The Morgan fingerprint density at radius 2 is 1.78 bits per heavy atom. The van der Waals surface area contributed by atoms with Crippen LogP contribution in [0.1, 0.15) is 40.0 Å². The Morgan fingerprint density at radius 3 is 2.26 bits per heavy atom. The summed E-state index contributed by atoms with van der Waals surface area (Å²) >= 11 is 0. The molecule has 0 unspecified atom stereocenters. The van der Waals surface area contributed by atoms with E-state index in [0.717, 1.165) is 19.3 Å². The SMILES string of the molecule is CC1(C)[C@@H]2CC[C@]1(C)[C@H](O[C@@H]1O[C@@H](C(=O)O)[C@@H](O)[C@@H](O)[C@H]1O)C2. The summed E-state index contributed by atoms with van der Waals surface area (Å²) in [5.74, 6) is -0.874. The molecular formula is C16H26O7. The van der Waals surface area contributed by atoms with E-state index in [1.165, 1.54) is 0 Å². The van der Waals surface area contributed by atoms with Crippen LogP contribution < -0.4 is 0 Å². The molecule has 0 aromatic heterocycles. The summed E-state index contributed by atoms with van der Waals surface area (Å²) in [5, 5.41) is 38.8. The fourth-order valence-corrected chi connectivity index (χ4v) is 4.66. The van der Waals surface area contributed by atoms with Crippen LogP contribution >= 0.6 is 0 Å². The highest BCUT2D eigenvalue weighted by molar-refractivity contribution is 5.73. The molecule has 1 aliphatic heterocycles. The maximum Gasteiger partial charge on any atom is 0.335 e. The number of aliphatic hydroxyl groups excluding tert-OH is 3. The van der Waals surface area contributed by atoms with Crippen molar-refractivity contribution in [1.82, 2.24) is 0 Å². The van der Waals surface area contributed by atoms with Gasteiger partial charge in [0.25, 0.3) is 0 Å². The van der Waals surface area contributed by atoms with Gasteiger partial charge in [0.1, 0.15) is 18.3 Å². The second kappa shape index (κ2) is 5.39. The van der Waals surface area contributed by atoms with Crippen molar-refractivity contribution in [1.29, 1.82) is 0 Å². The Kier molecular flexibility index (Phi) is 4.01. The van der Waals surface area contributed by atoms with Crippen molar-refractivity contribution < 1.29 is 34.7 Å². The number of hydrogen-bond acceptors (Lipinski definition) is 6. The molecule has 3 aliphatic rings. The molecule has 0 aromatic rings. The lowest BCUT2D eigenvalue weighted by molar-refractivity contribution is -0.312. The zero-order valence-electron chi connectivity index (χ0n) is 13.7. The van der Waals surface area contributed by atoms with Gasteiger partial charge in [-0.25, -0.2) is 4.79 Å². The maximum atomic E-state index is 11.2. The summed E-state index contributed by atoms with van der Waals surface area (Å²) in [6, 6.07) is 0. The summed E-state index contributed by atoms with van der Waals surface area (Å²) < 4.78 is 11.2. The summed E-state index contributed by atoms with van der Waals surface area (Å²) in [6.07, 6.45) is -4.86. The topological polar surface area (TPSA) is 116 Å². The molecule has 0 radical (unpaired) electrons. The smallest absolute Gasteiger partial charge is 0.335 e. The third-order valence-corrected chi connectivity index (χ3v) is 6.83. The Balaban J connectivity index is 1.76. The fraction of sp³-hybridized carbons (Fsp3) is 0.938. The monoisotopic (exact) mass is 330 g/mol. The first-order valence-corrected chi connectivity index (χ1v) is 8.17. The van der Waals surface area contributed by atoms with Gasteiger partial charge in [-0.1, -0.05) is 20.8 Å². The molecule has 7 nitrogen and oxygen atoms in total. The molecule has 1 saturated heterocycles. The molecule has 3 fully saturated rings. The van der Waals surface area contributed by atoms with E-state index in [1.54, 1.807) is 0 Å². The highest BCUT2D eigenvalue weighted by atomic mass is 16.7. The lowest BCUT2D eigenvalue weighted by atomic mass is 9.70. The van der Waals surface area contributed by atoms with Gasteiger partial charge >= 0.3 is 5.97 Å². The van der Waals surface area contributed by atoms with Crippen LogP contribution in [0.2, 0.25) is 0 Å². The molecule has 1 heterocycles. The van der Waals surface area contributed by atoms with Crippen molar-refractivity contribution in [3.05, 3.63) is 0 Å². The standard InChI is InChI=1S/C16H26O7/c1-15(2)7-4-5-16(15,3)8(6-7)22-14-11(19)9(17)10(18)12(23-14)13(20)21/h7-12,14,17-19H,4-6H2,1-3H3,(H,20,21)/t7-,8-,9-,10+,11-,12-,14-,16-/m1/s1. The molecule has 23 heavy (non-hydrogen) atoms. The minimum absolute atomic E-state index is 0.0829. The fourth-order valence-electron chi connectivity index (χ4n) is 4.66. The number of aliphatic hydroxyl groups is 3. The van der Waals surface area contributed by atoms with E-state index in [1.807, 2.05) is 0 Å². The first kappa shape index (κ1) is 17.1. The lowest BCUT2D eigenvalue weighted by Crippen LogP contribution is -2.61. The van der Waals surface area contributed by atoms with Crippen LogP contribution in [0.4, 0.5) is 0 Å². The van der Waals surface area contributed by atoms with Gasteiger partial charge in [0.15, 0.2) is 12.4 Å². The van der Waals surface area contributed by atoms with Gasteiger partial charge in [-0.15, -0.1) is 0 Å². The van der Waals surface area contributed by atoms with Crippen LogP contribution in [0.3, 0.4) is 0 Å². The Hall–Kier alpha value is -0.730. The summed E-state index contributed by atoms with van der Waals surface area (Å²) in [7, 11) is 0. The number of fused-ring (bicyclic) bond motifs is 2. The second-order valence-corrected chi connectivity index (χ2v) is 7.97. The Morgan fingerprint density at radius 1 is 1.13 bits per heavy atom. The quantitative estimate of drug-likeness (QED) is 0.580. The van der Waals surface area contributed by atoms with Gasteiger partial charge < -0.3 is 29.9 Å². The van der Waals surface area contributed by atoms with E-state index >= 15 is 0 Å². The van der Waals surface area contributed by atoms with Gasteiger partial charge in [-0.2, -0.15) is 0 Å². The zero-order chi connectivity index (χ0) is 17.2. The molecule has 0 spiro atoms. The van der Waals surface area contributed by atoms with Crippen molar-refractivity contribution in [3.63, 3.8) is 0 Å². The van der Waals surface area contributed by atoms with Gasteiger partial charge in [0.2, 0.25) is 0 Å². The number of ether oxygens (including phenoxy) is 2. The summed E-state index contributed by atoms with van der Waals surface area (Å²) in [4.78, 5) is 11.2. The van der Waals surface area contributed by atoms with E-state index < -0.39 is 36.7 Å². The zero-order valence-corrected chi connectivity index (χ0v) is 13.7. The highest BCUT2D eigenvalue weighted by Gasteiger charge is 2.63. The normalized spacial score (nSPS) is 51.8. The highest BCUT2D eigenvalue weighted by Crippen LogP contribution is 2.66. The van der Waals surface area contributed by atoms with Crippen LogP contribution in [0.5, 0.6) is 0 Å². The predicted octanol–water partition coefficient (Wildman–Crippen LogP) is 0.110. The van der Waals surface area contributed by atoms with Gasteiger partial charge in [0.05, 0.1) is 6.10 Å². The number of carboxylic acids is 1. The van der Waals surface area contributed by atoms with Crippen molar-refractivity contribution in [2.45, 2.75) is 76.8 Å². The molecule has 3 rings (SSSR count). The van der Waals surface area contributed by atoms with E-state index in [2.05, 4.69) is 20.8 Å². The second-order valence-electron chi connectivity index (χ2n) is 7.97. The van der Waals surface area contributed by atoms with Gasteiger partial charge in [-0.3, -0.25) is 0 Å². The summed E-state index contributed by atoms with van der Waals surface area (Å²) in [5.41, 5.74) is 0.0160. The van der Waals surface area contributed by atoms with Crippen molar-refractivity contribution >= 4 is 5.97 Å². The van der Waals surface area contributed by atoms with Crippen molar-refractivity contribution in [3.8, 4) is 0 Å². The van der Waals surface area contributed by atoms with Crippen molar-refractivity contribution in [2.24, 2.45) is 16.7 Å². The minimum atomic E-state index is -1.69. The van der Waals surface area contributed by atoms with Crippen molar-refractivity contribution in [2.75, 3.05) is 0 Å². The first-order chi connectivity index (χ1) is 10.6. The van der Waals surface area contributed by atoms with Gasteiger partial charge in [0, 0.05) is 0 Å². The number of hydrogen-bond donors (Lipinski definition) is 4. The van der Waals surface area contributed by atoms with Gasteiger partial charge in [-0.05, 0) is 36.0 Å². The number of aliphatic carboxylic acids is 1. The lowest BCUT2D eigenvalue weighted by Gasteiger charge is -2.44. The molecule has 8 atom stereocenters. The Labute approximate surface area is 135 Å². The third kappa shape index (κ3) is 2.33. The molecule has 132 valence electrons. The molecule has 2 aliphatic carbocycles. The molecule has 4 N–H and O–H groups in total. The Bertz CT molecular complexity index is 493. The summed E-state index contributed by atoms with van der Waals surface area (Å²) in [6.45, 7) is 6.58. The molecule has 7 heteroatoms. The maximum absolute atomic E-state index is 11.2. The average Bonchev–Trinajstić information content (AvgIpc) is 2.80. The van der Waals surface area contributed by atoms with Crippen LogP contribution in [0.25, 0.3) is 0 Å². The molecule has 0 amide bonds. The number of carbonyl (C=O) groups is 1. The largest absolute Gasteiger partial charge is 0.479 e. The predicted molar refractivity (Wildman–Crippen MR) is 78.4 cm³/mol. The number of rotatable bonds is 3. The van der Waals surface area contributed by atoms with Crippen LogP contribution in [0, 0.1) is 16.7 Å². The molecule has 2 saturated carbocycles. The molecule has 0 aromatic carbocycles. The van der Waals surface area contributed by atoms with Crippen LogP contribution in [-0.2, 0) is 14.3 Å². The third-order valence-electron chi connectivity index (χ3n) is 6.83. The van der Waals surface area contributed by atoms with Crippen LogP contribution in [0.15, 0.2) is 0 Å². The molecule has 2 bridgehead atoms. The first-order valence-electron chi connectivity index (χ1n) is 8.17. The molecular weight excluding hydrogens is 304 g/mol. The average molecular weight is 330 g/mol. The van der Waals surface area contributed by atoms with E-state index in [0.29, 0.717) is 5.92 Å². The van der Waals surface area contributed by atoms with E-state index in [4.69, 9.17) is 14.6 Å². The van der Waals surface area contributed by atoms with E-state index in [9.17, 15) is 20.1 Å². The minimum Gasteiger partial charge on any atom is -0.479 e. The van der Waals surface area contributed by atoms with E-state index in [-0.39, 0.29) is 16.9 Å².